The van der Waals surface area contributed by atoms with Crippen LogP contribution in [-0.4, -0.2) is 0 Å². The quantitative estimate of drug-likeness (QED) is 0.676. The summed E-state index contributed by atoms with van der Waals surface area (Å²) < 4.78 is 0. The lowest BCUT2D eigenvalue weighted by molar-refractivity contribution is 1.46. The molecule has 0 bridgehead atoms. The van der Waals surface area contributed by atoms with Gasteiger partial charge in [-0.2, -0.15) is 0 Å². The van der Waals surface area contributed by atoms with Gasteiger partial charge in [0.15, 0.2) is 0 Å². The molecule has 0 saturated carbocycles. The van der Waals surface area contributed by atoms with Crippen LogP contribution in [0.25, 0.3) is 23.4 Å². The maximum absolute atomic E-state index is 4.11. The van der Waals surface area contributed by atoms with Gasteiger partial charge in [0.25, 0.3) is 0 Å². The molecule has 2 rings (SSSR count). The highest BCUT2D eigenvalue weighted by Gasteiger charge is 1.98. The molecule has 0 radical (unpaired) electrons. The van der Waals surface area contributed by atoms with Gasteiger partial charge in [0.05, 0.1) is 0 Å². The molecule has 0 N–H and O–H groups in total. The number of hydrogen-bond acceptors (Lipinski definition) is 0. The van der Waals surface area contributed by atoms with Crippen molar-refractivity contribution >= 4 is 23.4 Å². The van der Waals surface area contributed by atoms with E-state index in [0.717, 1.165) is 10.8 Å². The molecule has 2 aromatic rings. The minimum absolute atomic E-state index is 1.05. The van der Waals surface area contributed by atoms with Crippen LogP contribution < -0.4 is 10.4 Å². The predicted molar refractivity (Wildman–Crippen MR) is 72.7 cm³/mol. The van der Waals surface area contributed by atoms with Crippen molar-refractivity contribution in [1.82, 2.24) is 0 Å². The fraction of sp³-hybridized carbons (Fsp3) is 0.125. The second-order valence-corrected chi connectivity index (χ2v) is 4.30. The van der Waals surface area contributed by atoms with Gasteiger partial charge in [0.2, 0.25) is 0 Å². The second-order valence-electron chi connectivity index (χ2n) is 4.30. The summed E-state index contributed by atoms with van der Waals surface area (Å²) in [6, 6.07) is 10.6. The van der Waals surface area contributed by atoms with Gasteiger partial charge in [-0.15, -0.1) is 0 Å². The van der Waals surface area contributed by atoms with E-state index in [1.807, 2.05) is 6.92 Å². The first-order valence-electron chi connectivity index (χ1n) is 5.44. The highest BCUT2D eigenvalue weighted by molar-refractivity contribution is 5.87. The molecule has 0 heterocycles. The van der Waals surface area contributed by atoms with Gasteiger partial charge in [-0.05, 0) is 40.6 Å². The van der Waals surface area contributed by atoms with Crippen LogP contribution in [0, 0.1) is 6.92 Å². The van der Waals surface area contributed by atoms with Crippen LogP contribution in [0.2, 0.25) is 0 Å². The van der Waals surface area contributed by atoms with Crippen molar-refractivity contribution in [2.45, 2.75) is 13.8 Å². The Morgan fingerprint density at radius 1 is 1.19 bits per heavy atom. The first kappa shape index (κ1) is 10.7. The summed E-state index contributed by atoms with van der Waals surface area (Å²) >= 11 is 0. The van der Waals surface area contributed by atoms with Gasteiger partial charge in [-0.3, -0.25) is 0 Å². The van der Waals surface area contributed by atoms with Crippen LogP contribution in [-0.2, 0) is 0 Å². The van der Waals surface area contributed by atoms with E-state index in [0.29, 0.717) is 0 Å². The average Bonchev–Trinajstić information content (AvgIpc) is 2.24. The van der Waals surface area contributed by atoms with E-state index in [1.54, 1.807) is 0 Å². The van der Waals surface area contributed by atoms with Crippen LogP contribution in [0.3, 0.4) is 0 Å². The largest absolute Gasteiger partial charge is 0.0961 e. The maximum Gasteiger partial charge on any atom is -0.0103 e. The fourth-order valence-electron chi connectivity index (χ4n) is 2.07. The molecule has 80 valence electrons. The minimum Gasteiger partial charge on any atom is -0.0961 e. The van der Waals surface area contributed by atoms with Crippen LogP contribution in [0.4, 0.5) is 0 Å². The average molecular weight is 208 g/mol. The Hall–Kier alpha value is -1.82. The van der Waals surface area contributed by atoms with Crippen molar-refractivity contribution in [2.75, 3.05) is 0 Å². The predicted octanol–water partition coefficient (Wildman–Crippen LogP) is 2.92. The molecule has 0 aliphatic carbocycles. The normalized spacial score (nSPS) is 12.0. The van der Waals surface area contributed by atoms with E-state index < -0.39 is 0 Å². The van der Waals surface area contributed by atoms with Gasteiger partial charge in [0.1, 0.15) is 0 Å². The van der Waals surface area contributed by atoms with Gasteiger partial charge in [-0.25, -0.2) is 0 Å². The highest BCUT2D eigenvalue weighted by Crippen LogP contribution is 2.12. The first-order chi connectivity index (χ1) is 7.59. The number of benzene rings is 2. The Kier molecular flexibility index (Phi) is 2.66. The SMILES string of the molecule is C=C(C)/C=c1\c(=C)cc(C)c2ccccc12. The molecule has 2 aromatic carbocycles. The minimum atomic E-state index is 1.05. The Labute approximate surface area is 96.2 Å². The second kappa shape index (κ2) is 3.97. The summed E-state index contributed by atoms with van der Waals surface area (Å²) in [6.07, 6.45) is 2.10. The zero-order valence-electron chi connectivity index (χ0n) is 9.88. The number of aryl methyl sites for hydroxylation is 1. The molecule has 0 spiro atoms. The zero-order valence-corrected chi connectivity index (χ0v) is 9.88. The van der Waals surface area contributed by atoms with Crippen LogP contribution in [0.1, 0.15) is 12.5 Å². The molecule has 0 nitrogen and oxygen atoms in total. The maximum atomic E-state index is 4.11. The van der Waals surface area contributed by atoms with Gasteiger partial charge in [-0.1, -0.05) is 55.1 Å². The lowest BCUT2D eigenvalue weighted by Gasteiger charge is -2.04. The van der Waals surface area contributed by atoms with Gasteiger partial charge >= 0.3 is 0 Å². The standard InChI is InChI=1S/C16H16/c1-11(2)9-16-13(4)10-12(3)14-7-5-6-8-15(14)16/h5-10H,1,4H2,2-3H3/b16-9+. The van der Waals surface area contributed by atoms with E-state index in [9.17, 15) is 0 Å². The van der Waals surface area contributed by atoms with Crippen molar-refractivity contribution in [3.63, 3.8) is 0 Å². The van der Waals surface area contributed by atoms with E-state index >= 15 is 0 Å². The smallest absolute Gasteiger partial charge is 0.0103 e. The summed E-state index contributed by atoms with van der Waals surface area (Å²) in [6.45, 7) is 12.2. The van der Waals surface area contributed by atoms with E-state index in [4.69, 9.17) is 0 Å². The third-order valence-corrected chi connectivity index (χ3v) is 2.77. The van der Waals surface area contributed by atoms with E-state index in [-0.39, 0.29) is 0 Å². The topological polar surface area (TPSA) is 0 Å². The number of fused-ring (bicyclic) bond motifs is 1. The number of hydrogen-bond donors (Lipinski definition) is 0. The van der Waals surface area contributed by atoms with Crippen LogP contribution >= 0.6 is 0 Å². The summed E-state index contributed by atoms with van der Waals surface area (Å²) in [7, 11) is 0. The fourth-order valence-corrected chi connectivity index (χ4v) is 2.07. The molecule has 0 heteroatoms. The van der Waals surface area contributed by atoms with E-state index in [1.165, 1.54) is 21.6 Å². The Morgan fingerprint density at radius 3 is 2.44 bits per heavy atom. The summed E-state index contributed by atoms with van der Waals surface area (Å²) in [5, 5.41) is 4.81. The molecule has 0 unspecified atom stereocenters. The summed E-state index contributed by atoms with van der Waals surface area (Å²) in [4.78, 5) is 0. The molecule has 0 amide bonds. The molecule has 0 aliphatic rings. The highest BCUT2D eigenvalue weighted by atomic mass is 14.0. The van der Waals surface area contributed by atoms with Crippen LogP contribution in [0.15, 0.2) is 42.5 Å². The van der Waals surface area contributed by atoms with Crippen molar-refractivity contribution in [3.8, 4) is 0 Å². The number of rotatable bonds is 1. The van der Waals surface area contributed by atoms with Gasteiger partial charge < -0.3 is 0 Å². The van der Waals surface area contributed by atoms with Crippen molar-refractivity contribution in [2.24, 2.45) is 0 Å². The third kappa shape index (κ3) is 1.79. The van der Waals surface area contributed by atoms with E-state index in [2.05, 4.69) is 56.5 Å². The molecular weight excluding hydrogens is 192 g/mol. The monoisotopic (exact) mass is 208 g/mol. The molecule has 0 aromatic heterocycles. The molecule has 16 heavy (non-hydrogen) atoms. The van der Waals surface area contributed by atoms with Crippen molar-refractivity contribution in [1.29, 1.82) is 0 Å². The van der Waals surface area contributed by atoms with Crippen LogP contribution in [0.5, 0.6) is 0 Å². The Balaban J connectivity index is 3.05. The Bertz CT molecular complexity index is 660. The first-order valence-corrected chi connectivity index (χ1v) is 5.44. The molecule has 0 saturated heterocycles. The summed E-state index contributed by atoms with van der Waals surface area (Å²) in [5.74, 6) is 0. The molecule has 0 aliphatic heterocycles. The van der Waals surface area contributed by atoms with Gasteiger partial charge in [0, 0.05) is 0 Å². The van der Waals surface area contributed by atoms with Crippen molar-refractivity contribution < 1.29 is 0 Å². The van der Waals surface area contributed by atoms with Crippen molar-refractivity contribution in [3.05, 3.63) is 58.5 Å². The zero-order chi connectivity index (χ0) is 11.7. The number of allylic oxidation sites excluding steroid dienone is 1. The summed E-state index contributed by atoms with van der Waals surface area (Å²) in [5.41, 5.74) is 2.33. The molecule has 0 atom stereocenters. The Morgan fingerprint density at radius 2 is 1.81 bits per heavy atom. The third-order valence-electron chi connectivity index (χ3n) is 2.77. The lowest BCUT2D eigenvalue weighted by Crippen LogP contribution is -2.24. The molecular formula is C16H16. The lowest BCUT2D eigenvalue weighted by atomic mass is 10.0. The molecule has 0 fully saturated rings.